The molecule has 5 nitrogen and oxygen atoms in total. The van der Waals surface area contributed by atoms with Crippen LogP contribution in [0.15, 0.2) is 52.5 Å². The lowest BCUT2D eigenvalue weighted by Crippen LogP contribution is -2.13. The second-order valence-corrected chi connectivity index (χ2v) is 6.30. The Morgan fingerprint density at radius 1 is 1.27 bits per heavy atom. The topological polar surface area (TPSA) is 59.3 Å². The average molecular weight is 317 g/mol. The summed E-state index contributed by atoms with van der Waals surface area (Å²) in [6.45, 7) is 0.970. The largest absolute Gasteiger partial charge is 0.309 e. The van der Waals surface area contributed by atoms with Gasteiger partial charge in [0.05, 0.1) is 9.82 Å². The van der Waals surface area contributed by atoms with Crippen molar-refractivity contribution in [1.29, 1.82) is 0 Å². The van der Waals surface area contributed by atoms with Crippen molar-refractivity contribution in [3.05, 3.63) is 58.3 Å². The molecule has 1 aromatic heterocycles. The average Bonchev–Trinajstić information content (AvgIpc) is 2.49. The van der Waals surface area contributed by atoms with Gasteiger partial charge in [-0.25, -0.2) is 4.98 Å². The summed E-state index contributed by atoms with van der Waals surface area (Å²) in [5, 5.41) is 12.1. The summed E-state index contributed by atoms with van der Waals surface area (Å²) in [4.78, 5) is 17.9. The van der Waals surface area contributed by atoms with Crippen molar-refractivity contribution in [2.24, 2.45) is 0 Å². The summed E-state index contributed by atoms with van der Waals surface area (Å²) in [5.41, 5.74) is 1.15. The molecule has 0 unspecified atom stereocenters. The van der Waals surface area contributed by atoms with Crippen molar-refractivity contribution in [1.82, 2.24) is 9.88 Å². The van der Waals surface area contributed by atoms with Gasteiger partial charge in [0.25, 0.3) is 5.69 Å². The van der Waals surface area contributed by atoms with Crippen molar-refractivity contribution >= 4 is 17.4 Å². The van der Waals surface area contributed by atoms with Crippen LogP contribution in [0.2, 0.25) is 0 Å². The smallest absolute Gasteiger partial charge is 0.283 e. The molecule has 0 spiro atoms. The lowest BCUT2D eigenvalue weighted by Gasteiger charge is -2.09. The van der Waals surface area contributed by atoms with Crippen molar-refractivity contribution in [3.63, 3.8) is 0 Å². The number of pyridine rings is 1. The standard InChI is InChI=1S/C16H19N3O2S/c1-18(2)11-5-6-13-8-9-15(14(12-13)19(20)21)22-16-7-3-4-10-17-16/h3-4,7-10,12H,5-6,11H2,1-2H3. The van der Waals surface area contributed by atoms with Crippen LogP contribution in [-0.4, -0.2) is 35.4 Å². The highest BCUT2D eigenvalue weighted by atomic mass is 32.2. The molecule has 0 amide bonds. The van der Waals surface area contributed by atoms with Gasteiger partial charge >= 0.3 is 0 Å². The molecule has 0 atom stereocenters. The van der Waals surface area contributed by atoms with Gasteiger partial charge < -0.3 is 4.90 Å². The molecule has 116 valence electrons. The van der Waals surface area contributed by atoms with Gasteiger partial charge in [-0.3, -0.25) is 10.1 Å². The van der Waals surface area contributed by atoms with Crippen LogP contribution in [0.4, 0.5) is 5.69 Å². The number of benzene rings is 1. The summed E-state index contributed by atoms with van der Waals surface area (Å²) in [5.74, 6) is 0. The fourth-order valence-electron chi connectivity index (χ4n) is 2.07. The van der Waals surface area contributed by atoms with Gasteiger partial charge in [0, 0.05) is 12.3 Å². The third-order valence-corrected chi connectivity index (χ3v) is 4.16. The monoisotopic (exact) mass is 317 g/mol. The maximum absolute atomic E-state index is 11.3. The van der Waals surface area contributed by atoms with Crippen LogP contribution in [0.1, 0.15) is 12.0 Å². The SMILES string of the molecule is CN(C)CCCc1ccc(Sc2ccccn2)c([N+](=O)[O-])c1. The van der Waals surface area contributed by atoms with Crippen LogP contribution in [0, 0.1) is 10.1 Å². The zero-order chi connectivity index (χ0) is 15.9. The van der Waals surface area contributed by atoms with Crippen molar-refractivity contribution in [2.75, 3.05) is 20.6 Å². The highest BCUT2D eigenvalue weighted by Crippen LogP contribution is 2.34. The Morgan fingerprint density at radius 2 is 2.09 bits per heavy atom. The molecule has 22 heavy (non-hydrogen) atoms. The number of hydrogen-bond acceptors (Lipinski definition) is 5. The fourth-order valence-corrected chi connectivity index (χ4v) is 2.93. The van der Waals surface area contributed by atoms with Gasteiger partial charge in [0.1, 0.15) is 5.03 Å². The molecular formula is C16H19N3O2S. The lowest BCUT2D eigenvalue weighted by molar-refractivity contribution is -0.387. The number of aryl methyl sites for hydroxylation is 1. The van der Waals surface area contributed by atoms with Gasteiger partial charge in [-0.1, -0.05) is 23.9 Å². The molecule has 0 saturated carbocycles. The van der Waals surface area contributed by atoms with Gasteiger partial charge in [-0.15, -0.1) is 0 Å². The van der Waals surface area contributed by atoms with Crippen LogP contribution in [0.5, 0.6) is 0 Å². The second-order valence-electron chi connectivity index (χ2n) is 5.24. The number of nitrogens with zero attached hydrogens (tertiary/aromatic N) is 3. The van der Waals surface area contributed by atoms with E-state index in [-0.39, 0.29) is 10.6 Å². The van der Waals surface area contributed by atoms with E-state index in [9.17, 15) is 10.1 Å². The van der Waals surface area contributed by atoms with E-state index in [1.807, 2.05) is 44.4 Å². The molecule has 0 fully saturated rings. The van der Waals surface area contributed by atoms with E-state index in [4.69, 9.17) is 0 Å². The summed E-state index contributed by atoms with van der Waals surface area (Å²) in [6.07, 6.45) is 3.51. The lowest BCUT2D eigenvalue weighted by atomic mass is 10.1. The number of nitro groups is 1. The summed E-state index contributed by atoms with van der Waals surface area (Å²) in [7, 11) is 4.05. The van der Waals surface area contributed by atoms with E-state index < -0.39 is 0 Å². The van der Waals surface area contributed by atoms with Gasteiger partial charge in [-0.2, -0.15) is 0 Å². The second kappa shape index (κ2) is 7.91. The Kier molecular flexibility index (Phi) is 5.91. The molecule has 1 aromatic carbocycles. The van der Waals surface area contributed by atoms with E-state index in [0.717, 1.165) is 30.0 Å². The Hall–Kier alpha value is -1.92. The van der Waals surface area contributed by atoms with Crippen molar-refractivity contribution in [2.45, 2.75) is 22.8 Å². The molecule has 0 saturated heterocycles. The predicted molar refractivity (Wildman–Crippen MR) is 88.3 cm³/mol. The van der Waals surface area contributed by atoms with Crippen molar-refractivity contribution < 1.29 is 4.92 Å². The minimum absolute atomic E-state index is 0.151. The number of hydrogen-bond donors (Lipinski definition) is 0. The Labute approximate surface area is 134 Å². The van der Waals surface area contributed by atoms with Crippen molar-refractivity contribution in [3.8, 4) is 0 Å². The van der Waals surface area contributed by atoms with Gasteiger partial charge in [0.15, 0.2) is 0 Å². The van der Waals surface area contributed by atoms with E-state index in [1.165, 1.54) is 11.8 Å². The third-order valence-electron chi connectivity index (χ3n) is 3.14. The van der Waals surface area contributed by atoms with Crippen LogP contribution in [0.3, 0.4) is 0 Å². The first-order valence-electron chi connectivity index (χ1n) is 7.07. The van der Waals surface area contributed by atoms with Gasteiger partial charge in [0.2, 0.25) is 0 Å². The third kappa shape index (κ3) is 4.82. The number of rotatable bonds is 7. The molecule has 0 radical (unpaired) electrons. The number of aromatic nitrogens is 1. The molecule has 2 rings (SSSR count). The fraction of sp³-hybridized carbons (Fsp3) is 0.312. The minimum Gasteiger partial charge on any atom is -0.309 e. The summed E-state index contributed by atoms with van der Waals surface area (Å²) >= 11 is 1.32. The molecule has 2 aromatic rings. The van der Waals surface area contributed by atoms with E-state index in [0.29, 0.717) is 4.90 Å². The highest BCUT2D eigenvalue weighted by molar-refractivity contribution is 7.99. The molecule has 0 N–H and O–H groups in total. The molecule has 0 aliphatic heterocycles. The molecular weight excluding hydrogens is 298 g/mol. The normalized spacial score (nSPS) is 10.9. The van der Waals surface area contributed by atoms with Crippen LogP contribution in [0.25, 0.3) is 0 Å². The first-order valence-corrected chi connectivity index (χ1v) is 7.89. The zero-order valence-corrected chi connectivity index (χ0v) is 13.5. The first kappa shape index (κ1) is 16.5. The summed E-state index contributed by atoms with van der Waals surface area (Å²) < 4.78 is 0. The molecule has 6 heteroatoms. The van der Waals surface area contributed by atoms with E-state index in [1.54, 1.807) is 12.3 Å². The molecule has 1 heterocycles. The zero-order valence-electron chi connectivity index (χ0n) is 12.7. The molecule has 0 aliphatic rings. The van der Waals surface area contributed by atoms with Gasteiger partial charge in [-0.05, 0) is 57.2 Å². The van der Waals surface area contributed by atoms with E-state index in [2.05, 4.69) is 9.88 Å². The Bertz CT molecular complexity index is 633. The maximum atomic E-state index is 11.3. The highest BCUT2D eigenvalue weighted by Gasteiger charge is 2.16. The van der Waals surface area contributed by atoms with Crippen LogP contribution in [-0.2, 0) is 6.42 Å². The van der Waals surface area contributed by atoms with Crippen LogP contribution < -0.4 is 0 Å². The van der Waals surface area contributed by atoms with Crippen LogP contribution >= 0.6 is 11.8 Å². The first-order chi connectivity index (χ1) is 10.6. The summed E-state index contributed by atoms with van der Waals surface area (Å²) in [6, 6.07) is 11.0. The quantitative estimate of drug-likeness (QED) is 0.576. The minimum atomic E-state index is -0.319. The molecule has 0 aliphatic carbocycles. The predicted octanol–water partition coefficient (Wildman–Crippen LogP) is 3.64. The maximum Gasteiger partial charge on any atom is 0.283 e. The van der Waals surface area contributed by atoms with E-state index >= 15 is 0 Å². The Morgan fingerprint density at radius 3 is 2.73 bits per heavy atom. The molecule has 0 bridgehead atoms. The number of nitro benzene ring substituents is 1. The Balaban J connectivity index is 2.15.